The Labute approximate surface area is 77.1 Å². The molecule has 78 valence electrons. The summed E-state index contributed by atoms with van der Waals surface area (Å²) in [5.41, 5.74) is 0. The van der Waals surface area contributed by atoms with E-state index in [0.29, 0.717) is 12.8 Å². The summed E-state index contributed by atoms with van der Waals surface area (Å²) in [6, 6.07) is 0. The molecular formula is C5H10O6S2. The van der Waals surface area contributed by atoms with Crippen LogP contribution in [0.4, 0.5) is 0 Å². The number of hydrogen-bond donors (Lipinski definition) is 0. The summed E-state index contributed by atoms with van der Waals surface area (Å²) in [4.78, 5) is 0. The molecule has 8 heteroatoms. The molecule has 1 heterocycles. The quantitative estimate of drug-likeness (QED) is 0.518. The maximum absolute atomic E-state index is 10.9. The van der Waals surface area contributed by atoms with Gasteiger partial charge in [-0.1, -0.05) is 0 Å². The maximum atomic E-state index is 10.9. The standard InChI is InChI=1S/C5H10O6S2/c6-12(7)5-13(8,9)11-4-2-1-3-10-12/h1-5H2. The zero-order chi connectivity index (χ0) is 9.95. The molecule has 0 N–H and O–H groups in total. The van der Waals surface area contributed by atoms with E-state index in [4.69, 9.17) is 0 Å². The topological polar surface area (TPSA) is 86.7 Å². The van der Waals surface area contributed by atoms with Crippen molar-refractivity contribution in [3.8, 4) is 0 Å². The summed E-state index contributed by atoms with van der Waals surface area (Å²) < 4.78 is 52.4. The Morgan fingerprint density at radius 3 is 1.54 bits per heavy atom. The van der Waals surface area contributed by atoms with Crippen LogP contribution in [0.1, 0.15) is 12.8 Å². The van der Waals surface area contributed by atoms with E-state index in [1.165, 1.54) is 0 Å². The third kappa shape index (κ3) is 4.03. The van der Waals surface area contributed by atoms with Gasteiger partial charge in [-0.3, -0.25) is 8.37 Å². The minimum Gasteiger partial charge on any atom is -0.269 e. The van der Waals surface area contributed by atoms with Crippen molar-refractivity contribution < 1.29 is 25.2 Å². The van der Waals surface area contributed by atoms with Gasteiger partial charge in [0.25, 0.3) is 20.2 Å². The molecule has 0 aromatic heterocycles. The molecule has 0 aromatic rings. The first-order valence-electron chi connectivity index (χ1n) is 3.65. The molecule has 0 bridgehead atoms. The van der Waals surface area contributed by atoms with Crippen LogP contribution in [0.25, 0.3) is 0 Å². The highest BCUT2D eigenvalue weighted by Gasteiger charge is 2.24. The molecule has 0 amide bonds. The van der Waals surface area contributed by atoms with Crippen LogP contribution in [0.15, 0.2) is 0 Å². The largest absolute Gasteiger partial charge is 0.284 e. The Morgan fingerprint density at radius 1 is 0.769 bits per heavy atom. The highest BCUT2D eigenvalue weighted by atomic mass is 32.3. The fraction of sp³-hybridized carbons (Fsp3) is 1.00. The molecule has 13 heavy (non-hydrogen) atoms. The van der Waals surface area contributed by atoms with Crippen molar-refractivity contribution in [3.05, 3.63) is 0 Å². The normalized spacial score (nSPS) is 28.3. The summed E-state index contributed by atoms with van der Waals surface area (Å²) in [6.07, 6.45) is 0.934. The van der Waals surface area contributed by atoms with E-state index < -0.39 is 25.3 Å². The average Bonchev–Trinajstić information content (AvgIpc) is 1.97. The van der Waals surface area contributed by atoms with Gasteiger partial charge in [0.05, 0.1) is 13.2 Å². The first kappa shape index (κ1) is 10.9. The molecule has 0 unspecified atom stereocenters. The molecule has 1 saturated heterocycles. The second kappa shape index (κ2) is 3.91. The second-order valence-corrected chi connectivity index (χ2v) is 6.23. The Hall–Kier alpha value is -0.180. The van der Waals surface area contributed by atoms with E-state index in [1.54, 1.807) is 0 Å². The van der Waals surface area contributed by atoms with Gasteiger partial charge in [0.15, 0.2) is 0 Å². The van der Waals surface area contributed by atoms with Crippen molar-refractivity contribution in [1.82, 2.24) is 0 Å². The van der Waals surface area contributed by atoms with Gasteiger partial charge < -0.3 is 0 Å². The van der Waals surface area contributed by atoms with Gasteiger partial charge in [-0.15, -0.1) is 0 Å². The molecule has 6 nitrogen and oxygen atoms in total. The van der Waals surface area contributed by atoms with E-state index in [2.05, 4.69) is 8.37 Å². The van der Waals surface area contributed by atoms with Crippen LogP contribution in [0.3, 0.4) is 0 Å². The van der Waals surface area contributed by atoms with Gasteiger partial charge in [-0.25, -0.2) is 0 Å². The lowest BCUT2D eigenvalue weighted by Crippen LogP contribution is -2.19. The molecule has 1 aliphatic rings. The molecule has 0 aliphatic carbocycles. The molecular weight excluding hydrogens is 220 g/mol. The van der Waals surface area contributed by atoms with E-state index in [-0.39, 0.29) is 13.2 Å². The third-order valence-corrected chi connectivity index (χ3v) is 4.71. The van der Waals surface area contributed by atoms with E-state index in [0.717, 1.165) is 0 Å². The number of hydrogen-bond acceptors (Lipinski definition) is 6. The summed E-state index contributed by atoms with van der Waals surface area (Å²) in [5.74, 6) is 0. The number of rotatable bonds is 0. The van der Waals surface area contributed by atoms with Crippen LogP contribution in [-0.4, -0.2) is 35.1 Å². The van der Waals surface area contributed by atoms with Crippen LogP contribution in [0.5, 0.6) is 0 Å². The molecule has 0 aromatic carbocycles. The molecule has 0 atom stereocenters. The predicted molar refractivity (Wildman–Crippen MR) is 43.8 cm³/mol. The van der Waals surface area contributed by atoms with Gasteiger partial charge in [-0.2, -0.15) is 16.8 Å². The van der Waals surface area contributed by atoms with E-state index in [1.807, 2.05) is 0 Å². The summed E-state index contributed by atoms with van der Waals surface area (Å²) >= 11 is 0. The zero-order valence-corrected chi connectivity index (χ0v) is 8.43. The Bertz CT molecular complexity index is 316. The minimum atomic E-state index is -3.99. The van der Waals surface area contributed by atoms with Gasteiger partial charge in [-0.05, 0) is 12.8 Å². The Balaban J connectivity index is 2.83. The summed E-state index contributed by atoms with van der Waals surface area (Å²) in [7, 11) is -7.97. The second-order valence-electron chi connectivity index (χ2n) is 2.58. The van der Waals surface area contributed by atoms with Gasteiger partial charge >= 0.3 is 0 Å². The molecule has 1 rings (SSSR count). The van der Waals surface area contributed by atoms with E-state index >= 15 is 0 Å². The molecule has 0 radical (unpaired) electrons. The van der Waals surface area contributed by atoms with Crippen LogP contribution in [0.2, 0.25) is 0 Å². The van der Waals surface area contributed by atoms with Crippen molar-refractivity contribution in [2.45, 2.75) is 12.8 Å². The SMILES string of the molecule is O=S1(=O)CS(=O)(=O)OCCCCO1. The Morgan fingerprint density at radius 2 is 1.15 bits per heavy atom. The smallest absolute Gasteiger partial charge is 0.269 e. The fourth-order valence-corrected chi connectivity index (χ4v) is 3.52. The molecule has 0 spiro atoms. The van der Waals surface area contributed by atoms with Crippen LogP contribution < -0.4 is 0 Å². The first-order valence-corrected chi connectivity index (χ1v) is 6.81. The molecule has 0 saturated carbocycles. The monoisotopic (exact) mass is 230 g/mol. The highest BCUT2D eigenvalue weighted by Crippen LogP contribution is 2.08. The zero-order valence-electron chi connectivity index (χ0n) is 6.80. The Kier molecular flexibility index (Phi) is 3.28. The van der Waals surface area contributed by atoms with E-state index in [9.17, 15) is 16.8 Å². The van der Waals surface area contributed by atoms with Gasteiger partial charge in [0, 0.05) is 0 Å². The molecule has 1 fully saturated rings. The lowest BCUT2D eigenvalue weighted by molar-refractivity contribution is 0.283. The average molecular weight is 230 g/mol. The van der Waals surface area contributed by atoms with Gasteiger partial charge in [0.2, 0.25) is 5.08 Å². The maximum Gasteiger partial charge on any atom is 0.284 e. The van der Waals surface area contributed by atoms with Crippen LogP contribution in [0, 0.1) is 0 Å². The first-order chi connectivity index (χ1) is 5.91. The van der Waals surface area contributed by atoms with Crippen molar-refractivity contribution in [1.29, 1.82) is 0 Å². The summed E-state index contributed by atoms with van der Waals surface area (Å²) in [6.45, 7) is 0.0302. The fourth-order valence-electron chi connectivity index (χ4n) is 0.821. The summed E-state index contributed by atoms with van der Waals surface area (Å²) in [5, 5.41) is -1.10. The minimum absolute atomic E-state index is 0.0151. The van der Waals surface area contributed by atoms with Crippen molar-refractivity contribution in [2.75, 3.05) is 18.3 Å². The lowest BCUT2D eigenvalue weighted by Gasteiger charge is -2.02. The van der Waals surface area contributed by atoms with Gasteiger partial charge in [0.1, 0.15) is 0 Å². The van der Waals surface area contributed by atoms with Crippen molar-refractivity contribution >= 4 is 20.2 Å². The molecule has 1 aliphatic heterocycles. The van der Waals surface area contributed by atoms with Crippen LogP contribution in [-0.2, 0) is 28.6 Å². The van der Waals surface area contributed by atoms with Crippen molar-refractivity contribution in [3.63, 3.8) is 0 Å². The van der Waals surface area contributed by atoms with Crippen molar-refractivity contribution in [2.24, 2.45) is 0 Å². The predicted octanol–water partition coefficient (Wildman–Crippen LogP) is -0.570. The lowest BCUT2D eigenvalue weighted by atomic mass is 10.3. The third-order valence-electron chi connectivity index (χ3n) is 1.35. The highest BCUT2D eigenvalue weighted by molar-refractivity contribution is 8.03. The van der Waals surface area contributed by atoms with Crippen LogP contribution >= 0.6 is 0 Å².